The van der Waals surface area contributed by atoms with Crippen LogP contribution in [0.15, 0.2) is 23.0 Å². The van der Waals surface area contributed by atoms with E-state index in [0.717, 1.165) is 50.1 Å². The van der Waals surface area contributed by atoms with Crippen LogP contribution < -0.4 is 5.32 Å². The Balaban J connectivity index is 1.20. The Bertz CT molecular complexity index is 860. The molecule has 0 unspecified atom stereocenters. The molecule has 0 amide bonds. The molecule has 0 aromatic carbocycles. The third-order valence-corrected chi connectivity index (χ3v) is 7.02. The lowest BCUT2D eigenvalue weighted by molar-refractivity contribution is 0.201. The normalized spacial score (nSPS) is 18.9. The van der Waals surface area contributed by atoms with Gasteiger partial charge in [0.25, 0.3) is 0 Å². The number of fused-ring (bicyclic) bond motifs is 1. The van der Waals surface area contributed by atoms with E-state index in [1.165, 1.54) is 29.1 Å². The van der Waals surface area contributed by atoms with Gasteiger partial charge < -0.3 is 9.88 Å². The number of nitrogens with zero attached hydrogens (tertiary/aromatic N) is 5. The van der Waals surface area contributed by atoms with E-state index in [9.17, 15) is 0 Å². The van der Waals surface area contributed by atoms with Crippen molar-refractivity contribution in [2.75, 3.05) is 19.6 Å². The molecular weight excluding hydrogens is 364 g/mol. The highest BCUT2D eigenvalue weighted by molar-refractivity contribution is 7.15. The zero-order valence-corrected chi connectivity index (χ0v) is 16.2. The highest BCUT2D eigenvalue weighted by atomic mass is 32.1. The molecule has 0 saturated carbocycles. The number of likely N-dealkylation sites (tertiary alicyclic amines) is 1. The average molecular weight is 387 g/mol. The van der Waals surface area contributed by atoms with Crippen LogP contribution in [-0.2, 0) is 19.6 Å². The summed E-state index contributed by atoms with van der Waals surface area (Å²) >= 11 is 3.55. The van der Waals surface area contributed by atoms with Crippen molar-refractivity contribution >= 4 is 22.7 Å². The van der Waals surface area contributed by atoms with Crippen LogP contribution in [0.4, 0.5) is 0 Å². The van der Waals surface area contributed by atoms with Gasteiger partial charge in [0.15, 0.2) is 0 Å². The summed E-state index contributed by atoms with van der Waals surface area (Å²) in [5.74, 6) is 2.85. The average Bonchev–Trinajstić information content (AvgIpc) is 3.43. The first-order valence-electron chi connectivity index (χ1n) is 9.19. The van der Waals surface area contributed by atoms with E-state index in [1.807, 2.05) is 17.5 Å². The molecule has 8 heteroatoms. The maximum atomic E-state index is 4.60. The Labute approximate surface area is 160 Å². The van der Waals surface area contributed by atoms with Gasteiger partial charge in [-0.2, -0.15) is 11.3 Å². The highest BCUT2D eigenvalue weighted by Crippen LogP contribution is 2.31. The van der Waals surface area contributed by atoms with E-state index in [0.29, 0.717) is 5.92 Å². The van der Waals surface area contributed by atoms with Crippen molar-refractivity contribution in [3.8, 4) is 10.6 Å². The van der Waals surface area contributed by atoms with Gasteiger partial charge in [-0.25, -0.2) is 4.98 Å². The van der Waals surface area contributed by atoms with Crippen LogP contribution in [0.1, 0.15) is 35.3 Å². The molecule has 1 N–H and O–H groups in total. The number of aromatic nitrogens is 4. The Morgan fingerprint density at radius 1 is 1.19 bits per heavy atom. The van der Waals surface area contributed by atoms with E-state index in [2.05, 4.69) is 46.8 Å². The fraction of sp³-hybridized carbons (Fsp3) is 0.500. The molecule has 3 aromatic heterocycles. The number of hydrogen-bond acceptors (Lipinski definition) is 7. The quantitative estimate of drug-likeness (QED) is 0.747. The van der Waals surface area contributed by atoms with Crippen LogP contribution in [0, 0.1) is 0 Å². The predicted octanol–water partition coefficient (Wildman–Crippen LogP) is 2.95. The molecule has 2 aliphatic heterocycles. The van der Waals surface area contributed by atoms with Crippen LogP contribution in [0.25, 0.3) is 10.6 Å². The van der Waals surface area contributed by atoms with Crippen molar-refractivity contribution in [3.63, 3.8) is 0 Å². The highest BCUT2D eigenvalue weighted by Gasteiger charge is 2.27. The van der Waals surface area contributed by atoms with Crippen LogP contribution in [0.2, 0.25) is 0 Å². The Morgan fingerprint density at radius 3 is 2.96 bits per heavy atom. The van der Waals surface area contributed by atoms with Gasteiger partial charge in [0.2, 0.25) is 0 Å². The number of rotatable bonds is 4. The summed E-state index contributed by atoms with van der Waals surface area (Å²) in [5.41, 5.74) is 1.25. The van der Waals surface area contributed by atoms with Crippen molar-refractivity contribution in [2.24, 2.45) is 0 Å². The van der Waals surface area contributed by atoms with E-state index >= 15 is 0 Å². The second kappa shape index (κ2) is 7.19. The first-order valence-corrected chi connectivity index (χ1v) is 10.9. The summed E-state index contributed by atoms with van der Waals surface area (Å²) in [7, 11) is 0. The summed E-state index contributed by atoms with van der Waals surface area (Å²) in [6, 6.07) is 2.15. The molecule has 5 heterocycles. The first-order chi connectivity index (χ1) is 12.9. The molecule has 0 atom stereocenters. The van der Waals surface area contributed by atoms with Gasteiger partial charge in [-0.05, 0) is 37.4 Å². The summed E-state index contributed by atoms with van der Waals surface area (Å²) in [6.45, 7) is 6.13. The maximum absolute atomic E-state index is 4.60. The van der Waals surface area contributed by atoms with Crippen LogP contribution >= 0.6 is 22.7 Å². The van der Waals surface area contributed by atoms with Gasteiger partial charge in [0, 0.05) is 47.6 Å². The summed E-state index contributed by atoms with van der Waals surface area (Å²) in [4.78, 5) is 8.51. The zero-order chi connectivity index (χ0) is 17.3. The van der Waals surface area contributed by atoms with Gasteiger partial charge in [-0.1, -0.05) is 0 Å². The lowest BCUT2D eigenvalue weighted by Gasteiger charge is -2.31. The molecule has 26 heavy (non-hydrogen) atoms. The molecule has 5 rings (SSSR count). The van der Waals surface area contributed by atoms with Gasteiger partial charge >= 0.3 is 0 Å². The minimum absolute atomic E-state index is 0.549. The molecule has 1 fully saturated rings. The van der Waals surface area contributed by atoms with E-state index in [-0.39, 0.29) is 0 Å². The van der Waals surface area contributed by atoms with Crippen LogP contribution in [0.5, 0.6) is 0 Å². The molecular formula is C18H22N6S2. The Hall–Kier alpha value is -1.61. The molecule has 0 aliphatic carbocycles. The smallest absolute Gasteiger partial charge is 0.147 e. The maximum Gasteiger partial charge on any atom is 0.147 e. The van der Waals surface area contributed by atoms with Gasteiger partial charge in [-0.3, -0.25) is 4.90 Å². The molecule has 3 aromatic rings. The number of hydrogen-bond donors (Lipinski definition) is 1. The topological polar surface area (TPSA) is 58.9 Å². The first kappa shape index (κ1) is 16.6. The number of thiophene rings is 1. The summed E-state index contributed by atoms with van der Waals surface area (Å²) in [6.07, 6.45) is 4.38. The molecule has 2 aliphatic rings. The SMILES string of the molecule is c1cc(-c2ncc(CN3CCC(c4nnc5n4CCNC5)CC3)s2)cs1. The van der Waals surface area contributed by atoms with E-state index in [4.69, 9.17) is 0 Å². The Morgan fingerprint density at radius 2 is 2.12 bits per heavy atom. The number of thiazole rings is 1. The molecule has 6 nitrogen and oxygen atoms in total. The summed E-state index contributed by atoms with van der Waals surface area (Å²) < 4.78 is 2.34. The molecule has 1 saturated heterocycles. The minimum Gasteiger partial charge on any atom is -0.312 e. The van der Waals surface area contributed by atoms with E-state index in [1.54, 1.807) is 11.3 Å². The summed E-state index contributed by atoms with van der Waals surface area (Å²) in [5, 5.41) is 17.7. The van der Waals surface area contributed by atoms with Crippen molar-refractivity contribution in [3.05, 3.63) is 39.5 Å². The standard InChI is InChI=1S/C18H22N6S2/c1-5-23(11-15-9-20-18(26-15)14-3-8-25-12-14)6-2-13(1)17-22-21-16-10-19-4-7-24(16)17/h3,8-9,12-13,19H,1-2,4-7,10-11H2. The minimum atomic E-state index is 0.549. The molecule has 136 valence electrons. The van der Waals surface area contributed by atoms with Crippen molar-refractivity contribution in [1.82, 2.24) is 30.0 Å². The van der Waals surface area contributed by atoms with Gasteiger partial charge in [-0.15, -0.1) is 21.5 Å². The lowest BCUT2D eigenvalue weighted by Crippen LogP contribution is -2.34. The molecule has 0 radical (unpaired) electrons. The van der Waals surface area contributed by atoms with Crippen LogP contribution in [0.3, 0.4) is 0 Å². The second-order valence-corrected chi connectivity index (χ2v) is 8.89. The fourth-order valence-electron chi connectivity index (χ4n) is 3.89. The van der Waals surface area contributed by atoms with E-state index < -0.39 is 0 Å². The van der Waals surface area contributed by atoms with Gasteiger partial charge in [0.1, 0.15) is 16.7 Å². The number of piperidine rings is 1. The molecule has 0 bridgehead atoms. The Kier molecular flexibility index (Phi) is 4.58. The third kappa shape index (κ3) is 3.22. The second-order valence-electron chi connectivity index (χ2n) is 7.00. The largest absolute Gasteiger partial charge is 0.312 e. The number of nitrogens with one attached hydrogen (secondary N) is 1. The predicted molar refractivity (Wildman–Crippen MR) is 104 cm³/mol. The molecule has 0 spiro atoms. The van der Waals surface area contributed by atoms with Crippen LogP contribution in [-0.4, -0.2) is 44.3 Å². The third-order valence-electron chi connectivity index (χ3n) is 5.31. The lowest BCUT2D eigenvalue weighted by atomic mass is 9.95. The fourth-order valence-corrected chi connectivity index (χ4v) is 5.55. The van der Waals surface area contributed by atoms with Gasteiger partial charge in [0.05, 0.1) is 6.54 Å². The zero-order valence-electron chi connectivity index (χ0n) is 14.6. The van der Waals surface area contributed by atoms with Crippen molar-refractivity contribution in [2.45, 2.75) is 38.4 Å². The monoisotopic (exact) mass is 386 g/mol. The van der Waals surface area contributed by atoms with Crippen molar-refractivity contribution < 1.29 is 0 Å². The van der Waals surface area contributed by atoms with Crippen molar-refractivity contribution in [1.29, 1.82) is 0 Å².